The normalized spacial score (nSPS) is 15.0. The van der Waals surface area contributed by atoms with Crippen molar-refractivity contribution in [2.24, 2.45) is 5.92 Å². The smallest absolute Gasteiger partial charge is 0.335 e. The van der Waals surface area contributed by atoms with Crippen LogP contribution in [-0.2, 0) is 6.42 Å². The highest BCUT2D eigenvalue weighted by molar-refractivity contribution is 5.93. The Morgan fingerprint density at radius 3 is 2.74 bits per heavy atom. The topological polar surface area (TPSA) is 141 Å². The minimum absolute atomic E-state index is 0.165. The van der Waals surface area contributed by atoms with Gasteiger partial charge in [0.1, 0.15) is 5.69 Å². The van der Waals surface area contributed by atoms with Crippen LogP contribution in [-0.4, -0.2) is 67.3 Å². The molecule has 0 aliphatic carbocycles. The van der Waals surface area contributed by atoms with Crippen molar-refractivity contribution in [2.75, 3.05) is 32.0 Å². The molecule has 2 aromatic carbocycles. The van der Waals surface area contributed by atoms with E-state index in [-0.39, 0.29) is 18.0 Å². The average molecular weight is 473 g/mol. The first-order valence-electron chi connectivity index (χ1n) is 11.8. The minimum Gasteiger partial charge on any atom is -0.478 e. The van der Waals surface area contributed by atoms with Gasteiger partial charge in [0, 0.05) is 18.7 Å². The number of nitrogens with zero attached hydrogens (tertiary/aromatic N) is 4. The number of piperidine rings is 1. The maximum absolute atomic E-state index is 11.3. The van der Waals surface area contributed by atoms with Crippen molar-refractivity contribution in [1.29, 1.82) is 0 Å². The lowest BCUT2D eigenvalue weighted by Crippen LogP contribution is -2.36. The number of nitrogen functional groups attached to an aromatic ring is 1. The Hall–Kier alpha value is -3.82. The largest absolute Gasteiger partial charge is 0.478 e. The highest BCUT2D eigenvalue weighted by Gasteiger charge is 2.18. The lowest BCUT2D eigenvalue weighted by molar-refractivity contribution is 0.0697. The van der Waals surface area contributed by atoms with Gasteiger partial charge in [0.25, 0.3) is 0 Å². The monoisotopic (exact) mass is 472 g/mol. The lowest BCUT2D eigenvalue weighted by Gasteiger charge is -2.31. The lowest BCUT2D eigenvalue weighted by atomic mass is 9.97. The fraction of sp³-hybridized carbons (Fsp3) is 0.308. The zero-order chi connectivity index (χ0) is 24.4. The molecule has 1 aliphatic heterocycles. The predicted molar refractivity (Wildman–Crippen MR) is 134 cm³/mol. The Kier molecular flexibility index (Phi) is 6.43. The number of aliphatic hydroxyl groups excluding tert-OH is 1. The van der Waals surface area contributed by atoms with Crippen molar-refractivity contribution < 1.29 is 15.0 Å². The predicted octanol–water partition coefficient (Wildman–Crippen LogP) is 3.21. The summed E-state index contributed by atoms with van der Waals surface area (Å²) < 4.78 is 0. The molecule has 35 heavy (non-hydrogen) atoms. The van der Waals surface area contributed by atoms with Crippen LogP contribution in [0.25, 0.3) is 33.8 Å². The first kappa shape index (κ1) is 22.9. The van der Waals surface area contributed by atoms with E-state index in [4.69, 9.17) is 10.7 Å². The number of carboxylic acid groups (broad SMARTS) is 1. The molecule has 0 bridgehead atoms. The summed E-state index contributed by atoms with van der Waals surface area (Å²) in [5.74, 6) is 0.122. The summed E-state index contributed by atoms with van der Waals surface area (Å²) in [5, 5.41) is 18.6. The summed E-state index contributed by atoms with van der Waals surface area (Å²) >= 11 is 0. The molecule has 5 rings (SSSR count). The van der Waals surface area contributed by atoms with Crippen LogP contribution in [0.4, 0.5) is 5.82 Å². The van der Waals surface area contributed by atoms with Gasteiger partial charge in [-0.15, -0.1) is 0 Å². The van der Waals surface area contributed by atoms with E-state index in [0.717, 1.165) is 44.5 Å². The second kappa shape index (κ2) is 9.81. The fourth-order valence-corrected chi connectivity index (χ4v) is 4.53. The van der Waals surface area contributed by atoms with Crippen LogP contribution in [0.5, 0.6) is 0 Å². The third kappa shape index (κ3) is 5.01. The molecule has 1 fully saturated rings. The van der Waals surface area contributed by atoms with Crippen LogP contribution < -0.4 is 5.73 Å². The van der Waals surface area contributed by atoms with Crippen LogP contribution in [0, 0.1) is 5.92 Å². The zero-order valence-electron chi connectivity index (χ0n) is 19.3. The van der Waals surface area contributed by atoms with Gasteiger partial charge >= 0.3 is 5.97 Å². The molecule has 5 N–H and O–H groups in total. The molecule has 1 aliphatic rings. The number of benzene rings is 2. The molecule has 9 nitrogen and oxygen atoms in total. The summed E-state index contributed by atoms with van der Waals surface area (Å²) in [6.45, 7) is 3.34. The van der Waals surface area contributed by atoms with Crippen LogP contribution in [0.3, 0.4) is 0 Å². The van der Waals surface area contributed by atoms with Crippen molar-refractivity contribution in [3.8, 4) is 22.8 Å². The van der Waals surface area contributed by atoms with Gasteiger partial charge in [0.2, 0.25) is 0 Å². The Labute approximate surface area is 202 Å². The zero-order valence-corrected chi connectivity index (χ0v) is 19.3. The Morgan fingerprint density at radius 1 is 1.14 bits per heavy atom. The molecule has 0 amide bonds. The number of aromatic nitrogens is 4. The standard InChI is InChI=1S/C26H28N6O3/c27-24-23(25-30-20-5-4-19(26(34)35)13-21(20)31-25)29-22(14-28-24)18-3-1-2-16(12-18)6-9-32-10-7-17(15-33)8-11-32/h1-5,12-14,17,33H,6-11,15H2,(H2,27,28)(H,30,31)(H,34,35). The van der Waals surface area contributed by atoms with E-state index in [1.54, 1.807) is 12.3 Å². The number of carboxylic acids is 1. The van der Waals surface area contributed by atoms with Crippen molar-refractivity contribution >= 4 is 22.8 Å². The second-order valence-corrected chi connectivity index (χ2v) is 9.03. The molecule has 3 heterocycles. The van der Waals surface area contributed by atoms with Crippen molar-refractivity contribution in [3.05, 3.63) is 59.8 Å². The molecular weight excluding hydrogens is 444 g/mol. The number of aromatic carboxylic acids is 1. The number of nitrogens with two attached hydrogens (primary N) is 1. The van der Waals surface area contributed by atoms with Gasteiger partial charge in [-0.3, -0.25) is 0 Å². The summed E-state index contributed by atoms with van der Waals surface area (Å²) in [5.41, 5.74) is 10.8. The molecule has 9 heteroatoms. The fourth-order valence-electron chi connectivity index (χ4n) is 4.53. The molecule has 2 aromatic heterocycles. The molecule has 0 saturated carbocycles. The summed E-state index contributed by atoms with van der Waals surface area (Å²) in [4.78, 5) is 30.5. The first-order chi connectivity index (χ1) is 17.0. The van der Waals surface area contributed by atoms with Gasteiger partial charge < -0.3 is 25.8 Å². The van der Waals surface area contributed by atoms with Gasteiger partial charge in [-0.05, 0) is 68.1 Å². The maximum Gasteiger partial charge on any atom is 0.335 e. The van der Waals surface area contributed by atoms with E-state index < -0.39 is 5.97 Å². The molecule has 4 aromatic rings. The van der Waals surface area contributed by atoms with Crippen LogP contribution >= 0.6 is 0 Å². The Morgan fingerprint density at radius 2 is 1.97 bits per heavy atom. The maximum atomic E-state index is 11.3. The number of anilines is 1. The molecular formula is C26H28N6O3. The van der Waals surface area contributed by atoms with Gasteiger partial charge in [-0.1, -0.05) is 18.2 Å². The third-order valence-electron chi connectivity index (χ3n) is 6.66. The van der Waals surface area contributed by atoms with Crippen LogP contribution in [0.2, 0.25) is 0 Å². The number of hydrogen-bond donors (Lipinski definition) is 4. The van der Waals surface area contributed by atoms with E-state index in [1.165, 1.54) is 17.7 Å². The quantitative estimate of drug-likeness (QED) is 0.321. The first-order valence-corrected chi connectivity index (χ1v) is 11.8. The van der Waals surface area contributed by atoms with Crippen molar-refractivity contribution in [1.82, 2.24) is 24.8 Å². The summed E-state index contributed by atoms with van der Waals surface area (Å²) in [6.07, 6.45) is 4.70. The van der Waals surface area contributed by atoms with Crippen molar-refractivity contribution in [2.45, 2.75) is 19.3 Å². The molecule has 0 spiro atoms. The van der Waals surface area contributed by atoms with Gasteiger partial charge in [-0.25, -0.2) is 19.7 Å². The van der Waals surface area contributed by atoms with E-state index in [0.29, 0.717) is 34.2 Å². The van der Waals surface area contributed by atoms with Gasteiger partial charge in [0.15, 0.2) is 11.6 Å². The van der Waals surface area contributed by atoms with Crippen LogP contribution in [0.1, 0.15) is 28.8 Å². The minimum atomic E-state index is -1.01. The van der Waals surface area contributed by atoms with Crippen molar-refractivity contribution in [3.63, 3.8) is 0 Å². The Bertz CT molecular complexity index is 1360. The number of imidazole rings is 1. The number of aromatic amines is 1. The highest BCUT2D eigenvalue weighted by atomic mass is 16.4. The molecule has 0 unspecified atom stereocenters. The molecule has 180 valence electrons. The van der Waals surface area contributed by atoms with Gasteiger partial charge in [0.05, 0.1) is 28.5 Å². The summed E-state index contributed by atoms with van der Waals surface area (Å²) in [6, 6.07) is 13.0. The number of likely N-dealkylation sites (tertiary alicyclic amines) is 1. The number of aliphatic hydroxyl groups is 1. The molecule has 0 atom stereocenters. The second-order valence-electron chi connectivity index (χ2n) is 9.03. The average Bonchev–Trinajstić information content (AvgIpc) is 3.31. The number of hydrogen-bond acceptors (Lipinski definition) is 7. The summed E-state index contributed by atoms with van der Waals surface area (Å²) in [7, 11) is 0. The number of fused-ring (bicyclic) bond motifs is 1. The molecule has 0 radical (unpaired) electrons. The van der Waals surface area contributed by atoms with E-state index in [1.807, 2.05) is 12.1 Å². The highest BCUT2D eigenvalue weighted by Crippen LogP contribution is 2.27. The third-order valence-corrected chi connectivity index (χ3v) is 6.66. The van der Waals surface area contributed by atoms with Crippen LogP contribution in [0.15, 0.2) is 48.7 Å². The number of H-pyrrole nitrogens is 1. The number of rotatable bonds is 7. The number of carbonyl (C=O) groups is 1. The van der Waals surface area contributed by atoms with Gasteiger partial charge in [-0.2, -0.15) is 0 Å². The number of nitrogens with one attached hydrogen (secondary N) is 1. The van der Waals surface area contributed by atoms with E-state index >= 15 is 0 Å². The SMILES string of the molecule is Nc1ncc(-c2cccc(CCN3CCC(CO)CC3)c2)nc1-c1nc2cc(C(=O)O)ccc2[nH]1. The van der Waals surface area contributed by atoms with E-state index in [9.17, 15) is 15.0 Å². The Balaban J connectivity index is 1.36. The molecule has 1 saturated heterocycles. The van der Waals surface area contributed by atoms with E-state index in [2.05, 4.69) is 32.0 Å².